The highest BCUT2D eigenvalue weighted by Crippen LogP contribution is 2.39. The number of carbonyl (C=O) groups excluding carboxylic acids is 2. The molecule has 0 fully saturated rings. The number of rotatable bonds is 5. The fraction of sp³-hybridized carbons (Fsp3) is 0.143. The van der Waals surface area contributed by atoms with E-state index < -0.39 is 11.0 Å². The van der Waals surface area contributed by atoms with Crippen LogP contribution in [0.25, 0.3) is 17.0 Å². The first-order chi connectivity index (χ1) is 17.4. The molecule has 0 bridgehead atoms. The molecule has 3 aromatic carbocycles. The topological polar surface area (TPSA) is 108 Å². The molecule has 1 aliphatic heterocycles. The lowest BCUT2D eigenvalue weighted by molar-refractivity contribution is -0.384. The second-order valence-electron chi connectivity index (χ2n) is 8.73. The first-order valence-corrected chi connectivity index (χ1v) is 11.6. The van der Waals surface area contributed by atoms with E-state index in [1.165, 1.54) is 19.1 Å². The molecule has 0 radical (unpaired) electrons. The number of hydrogen-bond acceptors (Lipinski definition) is 4. The smallest absolute Gasteiger partial charge is 0.269 e. The van der Waals surface area contributed by atoms with Crippen LogP contribution in [0.4, 0.5) is 11.4 Å². The number of benzene rings is 3. The zero-order valence-electron chi connectivity index (χ0n) is 19.6. The Bertz CT molecular complexity index is 1490. The molecule has 1 unspecified atom stereocenters. The molecule has 5 rings (SSSR count). The number of aromatic amines is 1. The lowest BCUT2D eigenvalue weighted by Crippen LogP contribution is -2.39. The summed E-state index contributed by atoms with van der Waals surface area (Å²) < 4.78 is 0. The molecule has 0 saturated carbocycles. The number of carbonyl (C=O) groups is 2. The van der Waals surface area contributed by atoms with Gasteiger partial charge in [-0.05, 0) is 59.5 Å². The van der Waals surface area contributed by atoms with Gasteiger partial charge in [0.2, 0.25) is 11.8 Å². The van der Waals surface area contributed by atoms with Crippen LogP contribution in [0.1, 0.15) is 35.3 Å². The van der Waals surface area contributed by atoms with Gasteiger partial charge in [-0.1, -0.05) is 30.3 Å². The van der Waals surface area contributed by atoms with Crippen molar-refractivity contribution in [3.8, 4) is 0 Å². The summed E-state index contributed by atoms with van der Waals surface area (Å²) >= 11 is 0. The van der Waals surface area contributed by atoms with Crippen molar-refractivity contribution >= 4 is 40.2 Å². The summed E-state index contributed by atoms with van der Waals surface area (Å²) in [7, 11) is 0. The van der Waals surface area contributed by atoms with E-state index in [0.717, 1.165) is 33.3 Å². The molecular weight excluding hydrogens is 456 g/mol. The highest BCUT2D eigenvalue weighted by atomic mass is 16.6. The van der Waals surface area contributed by atoms with E-state index in [0.29, 0.717) is 18.7 Å². The molecule has 1 aliphatic rings. The van der Waals surface area contributed by atoms with E-state index in [9.17, 15) is 19.7 Å². The Labute approximate surface area is 207 Å². The Morgan fingerprint density at radius 1 is 1.06 bits per heavy atom. The Kier molecular flexibility index (Phi) is 6.08. The number of non-ortho nitro benzene ring substituents is 1. The van der Waals surface area contributed by atoms with Gasteiger partial charge >= 0.3 is 0 Å². The van der Waals surface area contributed by atoms with Gasteiger partial charge in [0, 0.05) is 54.0 Å². The predicted octanol–water partition coefficient (Wildman–Crippen LogP) is 5.22. The van der Waals surface area contributed by atoms with E-state index in [4.69, 9.17) is 0 Å². The van der Waals surface area contributed by atoms with Crippen LogP contribution in [0.15, 0.2) is 78.9 Å². The molecule has 8 nitrogen and oxygen atoms in total. The van der Waals surface area contributed by atoms with E-state index >= 15 is 0 Å². The van der Waals surface area contributed by atoms with Gasteiger partial charge in [0.1, 0.15) is 0 Å². The van der Waals surface area contributed by atoms with Crippen LogP contribution in [-0.4, -0.2) is 33.2 Å². The van der Waals surface area contributed by atoms with Crippen LogP contribution in [0.5, 0.6) is 0 Å². The van der Waals surface area contributed by atoms with Crippen molar-refractivity contribution in [3.05, 3.63) is 111 Å². The fourth-order valence-corrected chi connectivity index (χ4v) is 4.75. The lowest BCUT2D eigenvalue weighted by atomic mass is 9.92. The summed E-state index contributed by atoms with van der Waals surface area (Å²) in [6, 6.07) is 21.2. The third-order valence-corrected chi connectivity index (χ3v) is 6.39. The fourth-order valence-electron chi connectivity index (χ4n) is 4.75. The average Bonchev–Trinajstić information content (AvgIpc) is 3.26. The van der Waals surface area contributed by atoms with Crippen LogP contribution in [-0.2, 0) is 16.0 Å². The minimum atomic E-state index is -0.429. The van der Waals surface area contributed by atoms with Crippen LogP contribution in [0.2, 0.25) is 0 Å². The van der Waals surface area contributed by atoms with Crippen molar-refractivity contribution in [3.63, 3.8) is 0 Å². The van der Waals surface area contributed by atoms with Crippen molar-refractivity contribution < 1.29 is 14.5 Å². The summed E-state index contributed by atoms with van der Waals surface area (Å²) in [5.41, 5.74) is 5.41. The minimum Gasteiger partial charge on any atom is -0.356 e. The van der Waals surface area contributed by atoms with Crippen LogP contribution >= 0.6 is 0 Å². The third kappa shape index (κ3) is 4.48. The van der Waals surface area contributed by atoms with Crippen molar-refractivity contribution in [2.75, 3.05) is 11.9 Å². The zero-order chi connectivity index (χ0) is 25.2. The maximum Gasteiger partial charge on any atom is 0.269 e. The molecule has 4 aromatic rings. The quantitative estimate of drug-likeness (QED) is 0.232. The number of aromatic nitrogens is 1. The number of fused-ring (bicyclic) bond motifs is 3. The molecule has 2 amide bonds. The van der Waals surface area contributed by atoms with Crippen molar-refractivity contribution in [2.45, 2.75) is 19.4 Å². The van der Waals surface area contributed by atoms with Crippen molar-refractivity contribution in [1.29, 1.82) is 0 Å². The zero-order valence-corrected chi connectivity index (χ0v) is 19.6. The summed E-state index contributed by atoms with van der Waals surface area (Å²) in [6.45, 7) is 1.96. The largest absolute Gasteiger partial charge is 0.356 e. The summed E-state index contributed by atoms with van der Waals surface area (Å²) in [5.74, 6) is -0.305. The Hall–Kier alpha value is -4.72. The van der Waals surface area contributed by atoms with Gasteiger partial charge in [-0.2, -0.15) is 0 Å². The van der Waals surface area contributed by atoms with Gasteiger partial charge in [0.25, 0.3) is 5.69 Å². The SMILES string of the molecule is CC(=O)Nc1ccc(C=CC(=O)N2CCc3c([nH]c4ccccc34)C2c2ccc([N+](=O)[O-])cc2)cc1. The van der Waals surface area contributed by atoms with E-state index in [1.807, 2.05) is 30.3 Å². The van der Waals surface area contributed by atoms with Crippen LogP contribution in [0.3, 0.4) is 0 Å². The Balaban J connectivity index is 1.48. The number of amides is 2. The van der Waals surface area contributed by atoms with Gasteiger partial charge in [-0.15, -0.1) is 0 Å². The monoisotopic (exact) mass is 480 g/mol. The van der Waals surface area contributed by atoms with Gasteiger partial charge in [0.15, 0.2) is 0 Å². The molecule has 2 heterocycles. The molecule has 1 aromatic heterocycles. The number of anilines is 1. The van der Waals surface area contributed by atoms with Gasteiger partial charge in [-0.25, -0.2) is 0 Å². The number of nitrogens with zero attached hydrogens (tertiary/aromatic N) is 2. The second kappa shape index (κ2) is 9.50. The minimum absolute atomic E-state index is 0.00640. The van der Waals surface area contributed by atoms with Gasteiger partial charge in [-0.3, -0.25) is 19.7 Å². The molecule has 1 atom stereocenters. The molecule has 2 N–H and O–H groups in total. The number of hydrogen-bond donors (Lipinski definition) is 2. The molecular formula is C28H24N4O4. The third-order valence-electron chi connectivity index (χ3n) is 6.39. The number of nitro groups is 1. The number of para-hydroxylation sites is 1. The first-order valence-electron chi connectivity index (χ1n) is 11.6. The first kappa shape index (κ1) is 23.0. The highest BCUT2D eigenvalue weighted by molar-refractivity contribution is 5.94. The standard InChI is InChI=1S/C28H24N4O4/c1-18(33)29-21-11-6-19(7-12-21)8-15-26(34)31-17-16-24-23-4-2-3-5-25(23)30-27(24)28(31)20-9-13-22(14-10-20)32(35)36/h2-15,28,30H,16-17H2,1H3,(H,29,33). The normalized spacial score (nSPS) is 15.1. The summed E-state index contributed by atoms with van der Waals surface area (Å²) in [5, 5.41) is 15.0. The number of nitrogens with one attached hydrogen (secondary N) is 2. The highest BCUT2D eigenvalue weighted by Gasteiger charge is 2.33. The Morgan fingerprint density at radius 2 is 1.78 bits per heavy atom. The van der Waals surface area contributed by atoms with E-state index in [1.54, 1.807) is 41.3 Å². The van der Waals surface area contributed by atoms with Crippen LogP contribution in [0, 0.1) is 10.1 Å². The van der Waals surface area contributed by atoms with Crippen molar-refractivity contribution in [1.82, 2.24) is 9.88 Å². The number of nitro benzene ring substituents is 1. The maximum atomic E-state index is 13.4. The van der Waals surface area contributed by atoms with E-state index in [2.05, 4.69) is 16.4 Å². The molecule has 180 valence electrons. The van der Waals surface area contributed by atoms with E-state index in [-0.39, 0.29) is 17.5 Å². The Morgan fingerprint density at radius 3 is 2.47 bits per heavy atom. The lowest BCUT2D eigenvalue weighted by Gasteiger charge is -2.35. The van der Waals surface area contributed by atoms with Crippen molar-refractivity contribution in [2.24, 2.45) is 0 Å². The van der Waals surface area contributed by atoms with Gasteiger partial charge in [0.05, 0.1) is 11.0 Å². The van der Waals surface area contributed by atoms with Gasteiger partial charge < -0.3 is 15.2 Å². The number of H-pyrrole nitrogens is 1. The average molecular weight is 481 g/mol. The second-order valence-corrected chi connectivity index (χ2v) is 8.73. The summed E-state index contributed by atoms with van der Waals surface area (Å²) in [4.78, 5) is 40.7. The molecule has 0 aliphatic carbocycles. The molecule has 0 spiro atoms. The summed E-state index contributed by atoms with van der Waals surface area (Å²) in [6.07, 6.45) is 3.99. The predicted molar refractivity (Wildman–Crippen MR) is 138 cm³/mol. The molecule has 36 heavy (non-hydrogen) atoms. The molecule has 0 saturated heterocycles. The molecule has 8 heteroatoms. The van der Waals surface area contributed by atoms with Crippen LogP contribution < -0.4 is 5.32 Å². The maximum absolute atomic E-state index is 13.4.